The lowest BCUT2D eigenvalue weighted by Crippen LogP contribution is -2.72. The molecule has 0 aromatic heterocycles. The number of carbonyl (C=O) groups excluding carboxylic acids is 5. The Hall–Kier alpha value is -5.97. The predicted molar refractivity (Wildman–Crippen MR) is 155 cm³/mol. The van der Waals surface area contributed by atoms with E-state index in [9.17, 15) is 29.1 Å². The first kappa shape index (κ1) is 32.0. The number of hydrogen-bond donors (Lipinski definition) is 0. The van der Waals surface area contributed by atoms with E-state index in [-0.39, 0.29) is 4.90 Å². The van der Waals surface area contributed by atoms with Gasteiger partial charge in [0, 0.05) is 0 Å². The van der Waals surface area contributed by atoms with Gasteiger partial charge in [-0.05, 0) is 22.3 Å². The summed E-state index contributed by atoms with van der Waals surface area (Å²) >= 11 is 0. The Morgan fingerprint density at radius 1 is 0.467 bits per heavy atom. The van der Waals surface area contributed by atoms with Gasteiger partial charge in [-0.1, -0.05) is 121 Å². The van der Waals surface area contributed by atoms with Crippen LogP contribution < -0.4 is 5.11 Å². The molecule has 0 N–H and O–H groups in total. The number of imide groups is 1. The summed E-state index contributed by atoms with van der Waals surface area (Å²) in [6, 6.07) is 32.7. The second kappa shape index (κ2) is 15.5. The van der Waals surface area contributed by atoms with Crippen LogP contribution in [-0.4, -0.2) is 40.5 Å². The van der Waals surface area contributed by atoms with E-state index in [0.717, 1.165) is 0 Å². The summed E-state index contributed by atoms with van der Waals surface area (Å²) in [5, 5.41) is 13.0. The second-order valence-corrected chi connectivity index (χ2v) is 9.54. The Bertz CT molecular complexity index is 1480. The largest absolute Gasteiger partial charge is 0.546 e. The molecule has 45 heavy (non-hydrogen) atoms. The first-order valence-electron chi connectivity index (χ1n) is 13.7. The molecular formula is C34H28NO10-. The molecule has 0 aliphatic carbocycles. The Morgan fingerprint density at radius 2 is 0.733 bits per heavy atom. The van der Waals surface area contributed by atoms with Gasteiger partial charge in [0.05, 0.1) is 5.97 Å². The average Bonchev–Trinajstić information content (AvgIpc) is 3.08. The van der Waals surface area contributed by atoms with Gasteiger partial charge in [0.25, 0.3) is 5.54 Å². The van der Waals surface area contributed by atoms with Crippen molar-refractivity contribution >= 4 is 30.1 Å². The van der Waals surface area contributed by atoms with Crippen LogP contribution in [0.5, 0.6) is 0 Å². The van der Waals surface area contributed by atoms with Crippen LogP contribution in [0.15, 0.2) is 121 Å². The molecule has 0 bridgehead atoms. The zero-order valence-corrected chi connectivity index (χ0v) is 23.9. The summed E-state index contributed by atoms with van der Waals surface area (Å²) in [5.74, 6) is -6.15. The van der Waals surface area contributed by atoms with Crippen molar-refractivity contribution in [3.05, 3.63) is 144 Å². The van der Waals surface area contributed by atoms with Gasteiger partial charge in [0.1, 0.15) is 26.4 Å². The molecule has 230 valence electrons. The number of hydrogen-bond acceptors (Lipinski definition) is 10. The highest BCUT2D eigenvalue weighted by molar-refractivity contribution is 6.26. The zero-order valence-electron chi connectivity index (χ0n) is 23.9. The minimum Gasteiger partial charge on any atom is -0.546 e. The minimum atomic E-state index is -3.80. The highest BCUT2D eigenvalue weighted by Gasteiger charge is 2.62. The second-order valence-electron chi connectivity index (χ2n) is 9.54. The Kier molecular flexibility index (Phi) is 11.0. The molecule has 0 aliphatic heterocycles. The van der Waals surface area contributed by atoms with Gasteiger partial charge in [0.15, 0.2) is 0 Å². The molecule has 2 amide bonds. The molecule has 0 unspecified atom stereocenters. The molecule has 0 atom stereocenters. The molecule has 11 nitrogen and oxygen atoms in total. The van der Waals surface area contributed by atoms with Crippen molar-refractivity contribution < 1.29 is 48.0 Å². The van der Waals surface area contributed by atoms with Crippen LogP contribution in [0.3, 0.4) is 0 Å². The molecule has 0 saturated carbocycles. The number of esters is 2. The van der Waals surface area contributed by atoms with E-state index in [2.05, 4.69) is 0 Å². The van der Waals surface area contributed by atoms with Crippen molar-refractivity contribution in [3.63, 3.8) is 0 Å². The van der Waals surface area contributed by atoms with Gasteiger partial charge in [-0.2, -0.15) is 4.90 Å². The van der Waals surface area contributed by atoms with E-state index in [0.29, 0.717) is 22.3 Å². The monoisotopic (exact) mass is 610 g/mol. The number of nitrogens with zero attached hydrogens (tertiary/aromatic N) is 1. The number of ether oxygens (including phenoxy) is 4. The molecular weight excluding hydrogens is 582 g/mol. The topological polar surface area (TPSA) is 149 Å². The fourth-order valence-electron chi connectivity index (χ4n) is 4.10. The van der Waals surface area contributed by atoms with Crippen molar-refractivity contribution in [2.75, 3.05) is 0 Å². The standard InChI is InChI=1S/C34H29NO10/c36-29(37)34(30(38)42-21-25-13-5-1-6-14-25,31(39)43-22-26-15-7-2-8-16-26)35(32(40)44-23-27-17-9-3-10-18-27)33(41)45-24-28-19-11-4-12-20-28/h1-20H,21-24H2,(H,36,37)/p-1. The van der Waals surface area contributed by atoms with Crippen molar-refractivity contribution in [2.24, 2.45) is 0 Å². The van der Waals surface area contributed by atoms with Crippen LogP contribution >= 0.6 is 0 Å². The van der Waals surface area contributed by atoms with E-state index in [1.807, 2.05) is 0 Å². The van der Waals surface area contributed by atoms with Gasteiger partial charge >= 0.3 is 24.1 Å². The highest BCUT2D eigenvalue weighted by Crippen LogP contribution is 2.25. The van der Waals surface area contributed by atoms with Gasteiger partial charge < -0.3 is 28.8 Å². The zero-order chi connectivity index (χ0) is 32.1. The van der Waals surface area contributed by atoms with Crippen molar-refractivity contribution in [1.29, 1.82) is 0 Å². The molecule has 0 heterocycles. The third-order valence-corrected chi connectivity index (χ3v) is 6.42. The summed E-state index contributed by atoms with van der Waals surface area (Å²) in [6.07, 6.45) is -3.40. The SMILES string of the molecule is O=C(OCc1ccccc1)N(C(=O)OCc1ccccc1)C(C(=O)[O-])(C(=O)OCc1ccccc1)C(=O)OCc1ccccc1. The first-order valence-corrected chi connectivity index (χ1v) is 13.7. The van der Waals surface area contributed by atoms with Crippen LogP contribution in [0.2, 0.25) is 0 Å². The maximum absolute atomic E-state index is 13.7. The van der Waals surface area contributed by atoms with Crippen molar-refractivity contribution in [2.45, 2.75) is 32.0 Å². The highest BCUT2D eigenvalue weighted by atomic mass is 16.6. The smallest absolute Gasteiger partial charge is 0.421 e. The molecule has 0 aliphatic rings. The number of carbonyl (C=O) groups is 5. The summed E-state index contributed by atoms with van der Waals surface area (Å²) in [6.45, 7) is -1.95. The average molecular weight is 611 g/mol. The summed E-state index contributed by atoms with van der Waals surface area (Å²) in [4.78, 5) is 67.3. The molecule has 4 rings (SSSR count). The summed E-state index contributed by atoms with van der Waals surface area (Å²) in [5.41, 5.74) is -2.05. The van der Waals surface area contributed by atoms with E-state index in [4.69, 9.17) is 18.9 Å². The van der Waals surface area contributed by atoms with Crippen molar-refractivity contribution in [1.82, 2.24) is 4.90 Å². The lowest BCUT2D eigenvalue weighted by atomic mass is 9.97. The van der Waals surface area contributed by atoms with Crippen LogP contribution in [-0.2, 0) is 59.8 Å². The molecule has 4 aromatic carbocycles. The number of amides is 2. The third kappa shape index (κ3) is 8.11. The number of rotatable bonds is 12. The van der Waals surface area contributed by atoms with E-state index < -0.39 is 62.1 Å². The Labute approximate surface area is 258 Å². The lowest BCUT2D eigenvalue weighted by molar-refractivity contribution is -0.315. The van der Waals surface area contributed by atoms with E-state index in [1.165, 1.54) is 0 Å². The van der Waals surface area contributed by atoms with Crippen LogP contribution in [0, 0.1) is 0 Å². The molecule has 11 heteroatoms. The van der Waals surface area contributed by atoms with E-state index >= 15 is 0 Å². The quantitative estimate of drug-likeness (QED) is 0.131. The molecule has 0 fully saturated rings. The number of aliphatic carboxylic acids is 1. The lowest BCUT2D eigenvalue weighted by Gasteiger charge is -2.37. The molecule has 4 aromatic rings. The minimum absolute atomic E-state index is 0.269. The Balaban J connectivity index is 1.74. The molecule has 0 saturated heterocycles. The number of carboxylic acid groups (broad SMARTS) is 1. The van der Waals surface area contributed by atoms with Crippen LogP contribution in [0.25, 0.3) is 0 Å². The maximum atomic E-state index is 13.7. The maximum Gasteiger partial charge on any atom is 0.421 e. The Morgan fingerprint density at radius 3 is 1.00 bits per heavy atom. The van der Waals surface area contributed by atoms with Crippen LogP contribution in [0.4, 0.5) is 9.59 Å². The predicted octanol–water partition coefficient (Wildman–Crippen LogP) is 3.94. The number of carboxylic acids is 1. The van der Waals surface area contributed by atoms with Gasteiger partial charge in [-0.3, -0.25) is 0 Å². The van der Waals surface area contributed by atoms with E-state index in [1.54, 1.807) is 121 Å². The normalized spacial score (nSPS) is 10.7. The fourth-order valence-corrected chi connectivity index (χ4v) is 4.10. The molecule has 0 spiro atoms. The van der Waals surface area contributed by atoms with Crippen molar-refractivity contribution in [3.8, 4) is 0 Å². The third-order valence-electron chi connectivity index (χ3n) is 6.42. The summed E-state index contributed by atoms with van der Waals surface area (Å²) < 4.78 is 20.9. The van der Waals surface area contributed by atoms with Crippen LogP contribution in [0.1, 0.15) is 22.3 Å². The number of benzene rings is 4. The fraction of sp³-hybridized carbons (Fsp3) is 0.147. The first-order chi connectivity index (χ1) is 21.8. The van der Waals surface area contributed by atoms with Gasteiger partial charge in [-0.15, -0.1) is 0 Å². The summed E-state index contributed by atoms with van der Waals surface area (Å²) in [7, 11) is 0. The molecule has 0 radical (unpaired) electrons. The van der Waals surface area contributed by atoms with Gasteiger partial charge in [-0.25, -0.2) is 19.2 Å². The van der Waals surface area contributed by atoms with Gasteiger partial charge in [0.2, 0.25) is 0 Å².